The molecule has 0 amide bonds. The molecule has 1 aliphatic carbocycles. The molecule has 0 spiro atoms. The average Bonchev–Trinajstić information content (AvgIpc) is 3.46. The van der Waals surface area contributed by atoms with Gasteiger partial charge in [0.1, 0.15) is 5.82 Å². The fraction of sp³-hybridized carbons (Fsp3) is 0.300. The van der Waals surface area contributed by atoms with Gasteiger partial charge in [-0.05, 0) is 66.1 Å². The number of aromatic nitrogens is 2. The van der Waals surface area contributed by atoms with Gasteiger partial charge in [-0.15, -0.1) is 0 Å². The van der Waals surface area contributed by atoms with E-state index < -0.39 is 0 Å². The summed E-state index contributed by atoms with van der Waals surface area (Å²) in [5.74, 6) is -0.102. The first-order valence-corrected chi connectivity index (χ1v) is 13.1. The highest BCUT2D eigenvalue weighted by atomic mass is 35.5. The third-order valence-electron chi connectivity index (χ3n) is 8.27. The van der Waals surface area contributed by atoms with Crippen LogP contribution in [0.25, 0.3) is 11.3 Å². The minimum atomic E-state index is -0.247. The monoisotopic (exact) mass is 498 g/mol. The lowest BCUT2D eigenvalue weighted by Crippen LogP contribution is -2.38. The molecule has 3 aromatic rings. The van der Waals surface area contributed by atoms with E-state index in [0.29, 0.717) is 11.6 Å². The zero-order valence-electron chi connectivity index (χ0n) is 20.5. The first kappa shape index (κ1) is 22.1. The van der Waals surface area contributed by atoms with Crippen molar-refractivity contribution >= 4 is 17.2 Å². The summed E-state index contributed by atoms with van der Waals surface area (Å²) < 4.78 is 16.2. The van der Waals surface area contributed by atoms with Crippen molar-refractivity contribution in [1.29, 1.82) is 0 Å². The lowest BCUT2D eigenvalue weighted by atomic mass is 9.72. The second-order valence-corrected chi connectivity index (χ2v) is 10.8. The Balaban J connectivity index is 1.38. The zero-order valence-corrected chi connectivity index (χ0v) is 21.2. The SMILES string of the molecule is CCc1cccc2c1-n1nc3c(c1C1C=CC4(C)NC=CC4=C21)CN(Cc1cc(F)ccc1Cl)CC3. The van der Waals surface area contributed by atoms with Crippen LogP contribution in [0.15, 0.2) is 66.4 Å². The number of aryl methyl sites for hydroxylation is 1. The van der Waals surface area contributed by atoms with Gasteiger partial charge in [-0.3, -0.25) is 4.90 Å². The molecular weight excluding hydrogens is 471 g/mol. The number of nitrogens with zero attached hydrogens (tertiary/aromatic N) is 3. The van der Waals surface area contributed by atoms with Gasteiger partial charge >= 0.3 is 0 Å². The van der Waals surface area contributed by atoms with Crippen molar-refractivity contribution in [3.8, 4) is 5.69 Å². The summed E-state index contributed by atoms with van der Waals surface area (Å²) in [5, 5.41) is 9.39. The number of para-hydroxylation sites is 1. The third-order valence-corrected chi connectivity index (χ3v) is 8.64. The van der Waals surface area contributed by atoms with E-state index >= 15 is 0 Å². The Bertz CT molecular complexity index is 1510. The number of fused-ring (bicyclic) bond motifs is 9. The van der Waals surface area contributed by atoms with E-state index in [-0.39, 0.29) is 17.3 Å². The van der Waals surface area contributed by atoms with Crippen LogP contribution in [-0.2, 0) is 25.9 Å². The van der Waals surface area contributed by atoms with Crippen LogP contribution in [0.1, 0.15) is 53.4 Å². The molecule has 3 aliphatic heterocycles. The van der Waals surface area contributed by atoms with Gasteiger partial charge in [-0.25, -0.2) is 9.07 Å². The molecule has 0 saturated heterocycles. The Kier molecular flexibility index (Phi) is 4.86. The number of hydrogen-bond donors (Lipinski definition) is 1. The van der Waals surface area contributed by atoms with Crippen molar-refractivity contribution in [2.45, 2.75) is 51.2 Å². The van der Waals surface area contributed by atoms with E-state index in [9.17, 15) is 4.39 Å². The molecule has 4 nitrogen and oxygen atoms in total. The number of allylic oxidation sites excluding steroid dienone is 2. The topological polar surface area (TPSA) is 33.1 Å². The number of benzene rings is 2. The largest absolute Gasteiger partial charge is 0.378 e. The maximum Gasteiger partial charge on any atom is 0.123 e. The number of halogens is 2. The van der Waals surface area contributed by atoms with Crippen LogP contribution >= 0.6 is 11.6 Å². The first-order valence-electron chi connectivity index (χ1n) is 12.7. The van der Waals surface area contributed by atoms with Gasteiger partial charge < -0.3 is 5.32 Å². The van der Waals surface area contributed by atoms with Crippen LogP contribution in [0.2, 0.25) is 5.02 Å². The van der Waals surface area contributed by atoms with Crippen LogP contribution in [0, 0.1) is 5.82 Å². The van der Waals surface area contributed by atoms with Crippen LogP contribution in [0.5, 0.6) is 0 Å². The molecule has 1 aromatic heterocycles. The van der Waals surface area contributed by atoms with Gasteiger partial charge in [0.05, 0.1) is 22.6 Å². The van der Waals surface area contributed by atoms with Gasteiger partial charge in [0, 0.05) is 48.1 Å². The number of nitrogens with one attached hydrogen (secondary N) is 1. The van der Waals surface area contributed by atoms with Crippen molar-refractivity contribution in [3.63, 3.8) is 0 Å². The standard InChI is InChI=1S/C30H28ClFN4/c1-3-18-5-4-6-21-27-22(9-12-30(2)24(27)10-13-33-30)29-23-17-35(14-11-26(23)34-36(29)28(18)21)16-19-15-20(32)7-8-25(19)31/h4-10,12-13,15,22,33H,3,11,14,16-17H2,1-2H3. The van der Waals surface area contributed by atoms with Crippen LogP contribution in [0.4, 0.5) is 4.39 Å². The first-order chi connectivity index (χ1) is 17.5. The normalized spacial score (nSPS) is 23.6. The zero-order chi connectivity index (χ0) is 24.6. The molecular formula is C30H28ClFN4. The van der Waals surface area contributed by atoms with E-state index in [1.165, 1.54) is 51.0 Å². The lowest BCUT2D eigenvalue weighted by molar-refractivity contribution is 0.243. The van der Waals surface area contributed by atoms with E-state index in [0.717, 1.165) is 31.5 Å². The molecule has 4 aliphatic rings. The van der Waals surface area contributed by atoms with Crippen LogP contribution in [-0.4, -0.2) is 26.8 Å². The maximum absolute atomic E-state index is 13.9. The summed E-state index contributed by atoms with van der Waals surface area (Å²) in [7, 11) is 0. The van der Waals surface area contributed by atoms with Gasteiger partial charge in [0.2, 0.25) is 0 Å². The highest BCUT2D eigenvalue weighted by molar-refractivity contribution is 6.31. The highest BCUT2D eigenvalue weighted by Crippen LogP contribution is 2.52. The number of rotatable bonds is 3. The summed E-state index contributed by atoms with van der Waals surface area (Å²) in [6.45, 7) is 6.74. The van der Waals surface area contributed by atoms with Crippen molar-refractivity contribution in [1.82, 2.24) is 20.0 Å². The highest BCUT2D eigenvalue weighted by Gasteiger charge is 2.43. The minimum Gasteiger partial charge on any atom is -0.378 e. The molecule has 0 fully saturated rings. The third kappa shape index (κ3) is 3.12. The van der Waals surface area contributed by atoms with Gasteiger partial charge in [0.25, 0.3) is 0 Å². The second kappa shape index (κ2) is 7.92. The molecule has 2 unspecified atom stereocenters. The average molecular weight is 499 g/mol. The Morgan fingerprint density at radius 3 is 2.97 bits per heavy atom. The summed E-state index contributed by atoms with van der Waals surface area (Å²) >= 11 is 6.42. The Hall–Kier alpha value is -3.15. The van der Waals surface area contributed by atoms with E-state index in [1.807, 2.05) is 0 Å². The summed E-state index contributed by atoms with van der Waals surface area (Å²) in [6, 6.07) is 11.3. The lowest BCUT2D eigenvalue weighted by Gasteiger charge is -2.38. The summed E-state index contributed by atoms with van der Waals surface area (Å²) in [4.78, 5) is 2.37. The molecule has 0 saturated carbocycles. The Labute approximate surface area is 215 Å². The van der Waals surface area contributed by atoms with Gasteiger partial charge in [-0.2, -0.15) is 5.10 Å². The van der Waals surface area contributed by atoms with Crippen LogP contribution in [0.3, 0.4) is 0 Å². The molecule has 6 heteroatoms. The fourth-order valence-electron chi connectivity index (χ4n) is 6.47. The predicted octanol–water partition coefficient (Wildman–Crippen LogP) is 6.08. The van der Waals surface area contributed by atoms with Crippen molar-refractivity contribution in [2.24, 2.45) is 0 Å². The molecule has 2 atom stereocenters. The molecule has 36 heavy (non-hydrogen) atoms. The predicted molar refractivity (Wildman–Crippen MR) is 142 cm³/mol. The summed E-state index contributed by atoms with van der Waals surface area (Å²) in [5.41, 5.74) is 10.9. The van der Waals surface area contributed by atoms with Gasteiger partial charge in [0.15, 0.2) is 0 Å². The Morgan fingerprint density at radius 1 is 1.22 bits per heavy atom. The molecule has 0 bridgehead atoms. The van der Waals surface area contributed by atoms with Gasteiger partial charge in [-0.1, -0.05) is 48.9 Å². The second-order valence-electron chi connectivity index (χ2n) is 10.4. The molecule has 7 rings (SSSR count). The van der Waals surface area contributed by atoms with Crippen molar-refractivity contribution < 1.29 is 4.39 Å². The Morgan fingerprint density at radius 2 is 2.11 bits per heavy atom. The minimum absolute atomic E-state index is 0.145. The molecule has 0 radical (unpaired) electrons. The molecule has 2 aromatic carbocycles. The van der Waals surface area contributed by atoms with Crippen molar-refractivity contribution in [3.05, 3.63) is 111 Å². The van der Waals surface area contributed by atoms with Crippen LogP contribution < -0.4 is 5.32 Å². The quantitative estimate of drug-likeness (QED) is 0.444. The van der Waals surface area contributed by atoms with E-state index in [4.69, 9.17) is 16.7 Å². The molecule has 4 heterocycles. The number of hydrogen-bond acceptors (Lipinski definition) is 3. The smallest absolute Gasteiger partial charge is 0.123 e. The molecule has 1 N–H and O–H groups in total. The molecule has 182 valence electrons. The fourth-order valence-corrected chi connectivity index (χ4v) is 6.65. The van der Waals surface area contributed by atoms with E-state index in [2.05, 4.69) is 71.4 Å². The van der Waals surface area contributed by atoms with Crippen molar-refractivity contribution in [2.75, 3.05) is 6.54 Å². The summed E-state index contributed by atoms with van der Waals surface area (Å²) in [6.07, 6.45) is 10.8. The maximum atomic E-state index is 13.9. The van der Waals surface area contributed by atoms with E-state index in [1.54, 1.807) is 12.1 Å².